The summed E-state index contributed by atoms with van der Waals surface area (Å²) < 4.78 is 0. The predicted molar refractivity (Wildman–Crippen MR) is 85.1 cm³/mol. The average molecular weight is 286 g/mol. The first-order valence-electron chi connectivity index (χ1n) is 8.08. The number of carbonyl (C=O) groups is 1. The van der Waals surface area contributed by atoms with E-state index in [0.29, 0.717) is 18.8 Å². The van der Waals surface area contributed by atoms with Crippen LogP contribution in [-0.4, -0.2) is 48.2 Å². The van der Waals surface area contributed by atoms with E-state index in [0.717, 1.165) is 32.5 Å². The second-order valence-corrected chi connectivity index (χ2v) is 6.05. The minimum absolute atomic E-state index is 0.636. The fourth-order valence-electron chi connectivity index (χ4n) is 2.49. The molecule has 0 heterocycles. The molecule has 0 aliphatic carbocycles. The second-order valence-electron chi connectivity index (χ2n) is 6.05. The first-order valence-corrected chi connectivity index (χ1v) is 8.08. The van der Waals surface area contributed by atoms with Crippen molar-refractivity contribution < 1.29 is 9.90 Å². The number of nitrogens with zero attached hydrogens (tertiary/aromatic N) is 1. The topological polar surface area (TPSA) is 52.6 Å². The summed E-state index contributed by atoms with van der Waals surface area (Å²) in [6.07, 6.45) is 4.41. The molecule has 2 unspecified atom stereocenters. The van der Waals surface area contributed by atoms with Gasteiger partial charge in [0.2, 0.25) is 0 Å². The van der Waals surface area contributed by atoms with Gasteiger partial charge >= 0.3 is 5.97 Å². The van der Waals surface area contributed by atoms with E-state index in [1.165, 1.54) is 6.42 Å². The molecule has 0 aromatic heterocycles. The van der Waals surface area contributed by atoms with Gasteiger partial charge in [0.15, 0.2) is 0 Å². The van der Waals surface area contributed by atoms with Gasteiger partial charge in [-0.3, -0.25) is 4.79 Å². The average Bonchev–Trinajstić information content (AvgIpc) is 2.42. The van der Waals surface area contributed by atoms with Crippen LogP contribution in [0.1, 0.15) is 59.8 Å². The smallest absolute Gasteiger partial charge is 0.323 e. The first-order chi connectivity index (χ1) is 9.41. The Hall–Kier alpha value is -0.610. The van der Waals surface area contributed by atoms with E-state index in [-0.39, 0.29) is 0 Å². The van der Waals surface area contributed by atoms with Gasteiger partial charge in [-0.05, 0) is 51.7 Å². The Morgan fingerprint density at radius 3 is 2.45 bits per heavy atom. The Morgan fingerprint density at radius 1 is 1.35 bits per heavy atom. The molecular weight excluding hydrogens is 252 g/mol. The van der Waals surface area contributed by atoms with Crippen molar-refractivity contribution in [1.29, 1.82) is 0 Å². The van der Waals surface area contributed by atoms with E-state index in [2.05, 4.69) is 38.0 Å². The summed E-state index contributed by atoms with van der Waals surface area (Å²) in [6.45, 7) is 11.3. The molecule has 0 aliphatic heterocycles. The molecular formula is C16H34N2O2. The zero-order chi connectivity index (χ0) is 15.6. The fourth-order valence-corrected chi connectivity index (χ4v) is 2.49. The number of aliphatic carboxylic acids is 1. The molecule has 0 bridgehead atoms. The van der Waals surface area contributed by atoms with Gasteiger partial charge in [-0.2, -0.15) is 0 Å². The minimum Gasteiger partial charge on any atom is -0.480 e. The van der Waals surface area contributed by atoms with Crippen molar-refractivity contribution in [2.24, 2.45) is 5.92 Å². The molecule has 0 radical (unpaired) electrons. The highest BCUT2D eigenvalue weighted by Crippen LogP contribution is 2.18. The highest BCUT2D eigenvalue weighted by molar-refractivity contribution is 5.78. The van der Waals surface area contributed by atoms with Crippen LogP contribution in [0.4, 0.5) is 0 Å². The lowest BCUT2D eigenvalue weighted by atomic mass is 9.90. The molecule has 0 saturated carbocycles. The van der Waals surface area contributed by atoms with Crippen LogP contribution in [-0.2, 0) is 4.79 Å². The molecule has 4 nitrogen and oxygen atoms in total. The van der Waals surface area contributed by atoms with Crippen molar-refractivity contribution in [3.63, 3.8) is 0 Å². The summed E-state index contributed by atoms with van der Waals surface area (Å²) in [5.41, 5.74) is -0.743. The lowest BCUT2D eigenvalue weighted by Crippen LogP contribution is -2.52. The van der Waals surface area contributed by atoms with E-state index in [1.54, 1.807) is 0 Å². The summed E-state index contributed by atoms with van der Waals surface area (Å²) in [6, 6.07) is 0. The molecule has 120 valence electrons. The fraction of sp³-hybridized carbons (Fsp3) is 0.938. The maximum atomic E-state index is 11.6. The highest BCUT2D eigenvalue weighted by Gasteiger charge is 2.35. The maximum absolute atomic E-state index is 11.6. The van der Waals surface area contributed by atoms with E-state index < -0.39 is 11.5 Å². The van der Waals surface area contributed by atoms with Crippen LogP contribution >= 0.6 is 0 Å². The molecule has 4 heteroatoms. The van der Waals surface area contributed by atoms with Crippen molar-refractivity contribution in [3.05, 3.63) is 0 Å². The third-order valence-corrected chi connectivity index (χ3v) is 4.19. The van der Waals surface area contributed by atoms with Crippen LogP contribution in [0.3, 0.4) is 0 Å². The normalized spacial score (nSPS) is 16.1. The molecule has 0 rings (SSSR count). The van der Waals surface area contributed by atoms with Crippen LogP contribution in [0.2, 0.25) is 0 Å². The number of nitrogens with one attached hydrogen (secondary N) is 1. The quantitative estimate of drug-likeness (QED) is 0.579. The van der Waals surface area contributed by atoms with Gasteiger partial charge in [0.1, 0.15) is 5.54 Å². The van der Waals surface area contributed by atoms with Crippen molar-refractivity contribution in [3.8, 4) is 0 Å². The van der Waals surface area contributed by atoms with Gasteiger partial charge in [0.25, 0.3) is 0 Å². The molecule has 20 heavy (non-hydrogen) atoms. The van der Waals surface area contributed by atoms with Crippen LogP contribution in [0.15, 0.2) is 0 Å². The third-order valence-electron chi connectivity index (χ3n) is 4.19. The molecule has 0 fully saturated rings. The van der Waals surface area contributed by atoms with Crippen molar-refractivity contribution in [2.75, 3.05) is 26.7 Å². The lowest BCUT2D eigenvalue weighted by Gasteiger charge is -2.30. The molecule has 0 aromatic rings. The van der Waals surface area contributed by atoms with Crippen LogP contribution in [0.25, 0.3) is 0 Å². The Labute approximate surface area is 124 Å². The standard InChI is InChI=1S/C16H34N2O2/c1-6-11-17-16(8-3,15(19)20)10-9-12-18(5)13-14(4)7-2/h14,17H,6-13H2,1-5H3,(H,19,20). The van der Waals surface area contributed by atoms with Gasteiger partial charge < -0.3 is 15.3 Å². The molecule has 2 N–H and O–H groups in total. The van der Waals surface area contributed by atoms with Crippen molar-refractivity contribution >= 4 is 5.97 Å². The molecule has 0 saturated heterocycles. The summed E-state index contributed by atoms with van der Waals surface area (Å²) in [7, 11) is 2.13. The Kier molecular flexibility index (Phi) is 9.86. The van der Waals surface area contributed by atoms with Crippen LogP contribution in [0, 0.1) is 5.92 Å². The maximum Gasteiger partial charge on any atom is 0.323 e. The van der Waals surface area contributed by atoms with E-state index >= 15 is 0 Å². The number of hydrogen-bond donors (Lipinski definition) is 2. The van der Waals surface area contributed by atoms with Crippen molar-refractivity contribution in [2.45, 2.75) is 65.3 Å². The number of hydrogen-bond acceptors (Lipinski definition) is 3. The summed E-state index contributed by atoms with van der Waals surface area (Å²) in [5.74, 6) is -0.00773. The van der Waals surface area contributed by atoms with Gasteiger partial charge in [0, 0.05) is 6.54 Å². The highest BCUT2D eigenvalue weighted by atomic mass is 16.4. The monoisotopic (exact) mass is 286 g/mol. The largest absolute Gasteiger partial charge is 0.480 e. The number of carboxylic acids is 1. The molecule has 0 spiro atoms. The predicted octanol–water partition coefficient (Wildman–Crippen LogP) is 2.98. The third kappa shape index (κ3) is 6.71. The van der Waals surface area contributed by atoms with Crippen LogP contribution < -0.4 is 5.32 Å². The molecule has 0 aromatic carbocycles. The van der Waals surface area contributed by atoms with E-state index in [1.807, 2.05) is 6.92 Å². The number of carboxylic acid groups (broad SMARTS) is 1. The summed E-state index contributed by atoms with van der Waals surface area (Å²) in [4.78, 5) is 13.9. The summed E-state index contributed by atoms with van der Waals surface area (Å²) >= 11 is 0. The Balaban J connectivity index is 4.29. The van der Waals surface area contributed by atoms with E-state index in [4.69, 9.17) is 0 Å². The number of rotatable bonds is 12. The van der Waals surface area contributed by atoms with Crippen LogP contribution in [0.5, 0.6) is 0 Å². The lowest BCUT2D eigenvalue weighted by molar-refractivity contribution is -0.145. The van der Waals surface area contributed by atoms with E-state index in [9.17, 15) is 9.90 Å². The van der Waals surface area contributed by atoms with Gasteiger partial charge in [-0.1, -0.05) is 34.1 Å². The zero-order valence-electron chi connectivity index (χ0n) is 14.0. The van der Waals surface area contributed by atoms with Gasteiger partial charge in [-0.25, -0.2) is 0 Å². The molecule has 0 aliphatic rings. The van der Waals surface area contributed by atoms with Gasteiger partial charge in [-0.15, -0.1) is 0 Å². The first kappa shape index (κ1) is 19.4. The molecule has 0 amide bonds. The van der Waals surface area contributed by atoms with Gasteiger partial charge in [0.05, 0.1) is 0 Å². The van der Waals surface area contributed by atoms with Crippen molar-refractivity contribution in [1.82, 2.24) is 10.2 Å². The minimum atomic E-state index is -0.743. The Morgan fingerprint density at radius 2 is 2.00 bits per heavy atom. The zero-order valence-corrected chi connectivity index (χ0v) is 14.0. The summed E-state index contributed by atoms with van der Waals surface area (Å²) in [5, 5.41) is 12.8. The second kappa shape index (κ2) is 10.2. The molecule has 2 atom stereocenters. The Bertz CT molecular complexity index is 271. The SMILES string of the molecule is CCCNC(CC)(CCCN(C)CC(C)CC)C(=O)O.